The van der Waals surface area contributed by atoms with E-state index in [1.807, 2.05) is 38.1 Å². The Morgan fingerprint density at radius 1 is 1.08 bits per heavy atom. The molecule has 0 saturated heterocycles. The van der Waals surface area contributed by atoms with Gasteiger partial charge in [0.05, 0.1) is 12.6 Å². The Balaban J connectivity index is 1.79. The fourth-order valence-corrected chi connectivity index (χ4v) is 3.51. The van der Waals surface area contributed by atoms with Gasteiger partial charge < -0.3 is 15.5 Å². The zero-order valence-corrected chi connectivity index (χ0v) is 16.4. The molecule has 2 N–H and O–H groups in total. The van der Waals surface area contributed by atoms with E-state index in [9.17, 15) is 9.59 Å². The number of nitrogens with zero attached hydrogens (tertiary/aromatic N) is 1. The summed E-state index contributed by atoms with van der Waals surface area (Å²) in [5, 5.41) is 6.31. The Labute approximate surface area is 157 Å². The molecule has 0 aliphatic heterocycles. The fraction of sp³-hybridized carbons (Fsp3) is 0.619. The number of carbonyl (C=O) groups is 2. The van der Waals surface area contributed by atoms with Gasteiger partial charge in [-0.15, -0.1) is 0 Å². The normalized spacial score (nSPS) is 17.0. The smallest absolute Gasteiger partial charge is 0.243 e. The van der Waals surface area contributed by atoms with E-state index in [1.54, 1.807) is 7.05 Å². The van der Waals surface area contributed by atoms with Crippen LogP contribution in [0.2, 0.25) is 0 Å². The van der Waals surface area contributed by atoms with Crippen molar-refractivity contribution in [1.29, 1.82) is 0 Å². The monoisotopic (exact) mass is 359 g/mol. The topological polar surface area (TPSA) is 61.4 Å². The first-order valence-electron chi connectivity index (χ1n) is 9.83. The lowest BCUT2D eigenvalue weighted by Gasteiger charge is -2.27. The minimum absolute atomic E-state index is 0.0360. The number of aryl methyl sites for hydroxylation is 1. The lowest BCUT2D eigenvalue weighted by Crippen LogP contribution is -2.48. The summed E-state index contributed by atoms with van der Waals surface area (Å²) in [7, 11) is 1.69. The Morgan fingerprint density at radius 2 is 1.65 bits per heavy atom. The van der Waals surface area contributed by atoms with Crippen LogP contribution in [0.5, 0.6) is 0 Å². The first-order chi connectivity index (χ1) is 12.5. The second-order valence-corrected chi connectivity index (χ2v) is 7.54. The average molecular weight is 360 g/mol. The zero-order valence-electron chi connectivity index (χ0n) is 16.4. The van der Waals surface area contributed by atoms with Crippen molar-refractivity contribution >= 4 is 17.5 Å². The van der Waals surface area contributed by atoms with Gasteiger partial charge >= 0.3 is 0 Å². The lowest BCUT2D eigenvalue weighted by molar-refractivity contribution is -0.135. The molecule has 1 aliphatic rings. The maximum Gasteiger partial charge on any atom is 0.243 e. The van der Waals surface area contributed by atoms with Crippen LogP contribution in [-0.4, -0.2) is 42.4 Å². The molecule has 1 atom stereocenters. The molecule has 1 aliphatic carbocycles. The molecule has 5 nitrogen and oxygen atoms in total. The molecule has 26 heavy (non-hydrogen) atoms. The first-order valence-corrected chi connectivity index (χ1v) is 9.83. The molecular formula is C21H33N3O2. The summed E-state index contributed by atoms with van der Waals surface area (Å²) in [5.74, 6) is -0.214. The predicted molar refractivity (Wildman–Crippen MR) is 106 cm³/mol. The third-order valence-electron chi connectivity index (χ3n) is 5.05. The Morgan fingerprint density at radius 3 is 2.27 bits per heavy atom. The zero-order chi connectivity index (χ0) is 18.9. The van der Waals surface area contributed by atoms with Crippen molar-refractivity contribution in [3.63, 3.8) is 0 Å². The molecule has 144 valence electrons. The molecule has 0 heterocycles. The average Bonchev–Trinajstić information content (AvgIpc) is 2.58. The molecule has 2 rings (SSSR count). The van der Waals surface area contributed by atoms with Gasteiger partial charge in [0, 0.05) is 18.8 Å². The molecule has 1 aromatic rings. The van der Waals surface area contributed by atoms with E-state index in [4.69, 9.17) is 0 Å². The van der Waals surface area contributed by atoms with Gasteiger partial charge in [-0.1, -0.05) is 49.8 Å². The number of carbonyl (C=O) groups excluding carboxylic acids is 2. The molecule has 1 aromatic carbocycles. The molecule has 0 bridgehead atoms. The van der Waals surface area contributed by atoms with E-state index in [0.29, 0.717) is 6.04 Å². The standard InChI is InChI=1S/C21H33N3O2/c1-16-11-13-19(14-12-16)23-20(25)15-24(3)21(26)17(2)22-18-9-7-5-4-6-8-10-18/h11-14,17-18,22H,4-10,15H2,1-3H3,(H,23,25)/t17-/m0/s1. The minimum atomic E-state index is -0.267. The molecule has 2 amide bonds. The number of nitrogens with one attached hydrogen (secondary N) is 2. The Kier molecular flexibility index (Phi) is 8.10. The number of benzene rings is 1. The predicted octanol–water partition coefficient (Wildman–Crippen LogP) is 3.48. The van der Waals surface area contributed by atoms with E-state index >= 15 is 0 Å². The van der Waals surface area contributed by atoms with Crippen LogP contribution in [0.4, 0.5) is 5.69 Å². The summed E-state index contributed by atoms with van der Waals surface area (Å²) >= 11 is 0. The molecule has 0 unspecified atom stereocenters. The quantitative estimate of drug-likeness (QED) is 0.817. The number of rotatable bonds is 6. The molecule has 0 spiro atoms. The van der Waals surface area contributed by atoms with Gasteiger partial charge in [0.1, 0.15) is 0 Å². The van der Waals surface area contributed by atoms with Gasteiger partial charge in [0.2, 0.25) is 11.8 Å². The van der Waals surface area contributed by atoms with Crippen molar-refractivity contribution in [2.24, 2.45) is 0 Å². The Hall–Kier alpha value is -1.88. The molecular weight excluding hydrogens is 326 g/mol. The highest BCUT2D eigenvalue weighted by Gasteiger charge is 2.22. The SMILES string of the molecule is Cc1ccc(NC(=O)CN(C)C(=O)[C@H](C)NC2CCCCCCC2)cc1. The van der Waals surface area contributed by atoms with Crippen molar-refractivity contribution in [3.8, 4) is 0 Å². The van der Waals surface area contributed by atoms with Crippen LogP contribution >= 0.6 is 0 Å². The first kappa shape index (κ1) is 20.4. The van der Waals surface area contributed by atoms with Crippen molar-refractivity contribution in [3.05, 3.63) is 29.8 Å². The van der Waals surface area contributed by atoms with E-state index in [0.717, 1.165) is 24.1 Å². The summed E-state index contributed by atoms with van der Waals surface area (Å²) in [4.78, 5) is 26.3. The number of amides is 2. The van der Waals surface area contributed by atoms with Gasteiger partial charge in [0.15, 0.2) is 0 Å². The van der Waals surface area contributed by atoms with Crippen molar-refractivity contribution < 1.29 is 9.59 Å². The maximum absolute atomic E-state index is 12.6. The van der Waals surface area contributed by atoms with Crippen molar-refractivity contribution in [2.75, 3.05) is 18.9 Å². The van der Waals surface area contributed by atoms with Crippen LogP contribution < -0.4 is 10.6 Å². The van der Waals surface area contributed by atoms with Crippen molar-refractivity contribution in [2.45, 2.75) is 70.9 Å². The summed E-state index contributed by atoms with van der Waals surface area (Å²) in [6.45, 7) is 3.96. The summed E-state index contributed by atoms with van der Waals surface area (Å²) in [5.41, 5.74) is 1.89. The van der Waals surface area contributed by atoms with Gasteiger partial charge in [-0.3, -0.25) is 9.59 Å². The van der Waals surface area contributed by atoms with Crippen LogP contribution in [0.25, 0.3) is 0 Å². The Bertz CT molecular complexity index is 577. The third kappa shape index (κ3) is 6.79. The van der Waals surface area contributed by atoms with Gasteiger partial charge in [-0.25, -0.2) is 0 Å². The van der Waals surface area contributed by atoms with E-state index in [2.05, 4.69) is 10.6 Å². The molecule has 0 radical (unpaired) electrons. The lowest BCUT2D eigenvalue weighted by atomic mass is 9.96. The maximum atomic E-state index is 12.6. The van der Waals surface area contributed by atoms with Crippen LogP contribution in [0, 0.1) is 6.92 Å². The summed E-state index contributed by atoms with van der Waals surface area (Å²) in [6, 6.07) is 7.78. The second-order valence-electron chi connectivity index (χ2n) is 7.54. The number of anilines is 1. The number of hydrogen-bond acceptors (Lipinski definition) is 3. The number of hydrogen-bond donors (Lipinski definition) is 2. The van der Waals surface area contributed by atoms with Crippen LogP contribution in [0.15, 0.2) is 24.3 Å². The highest BCUT2D eigenvalue weighted by Crippen LogP contribution is 2.17. The summed E-state index contributed by atoms with van der Waals surface area (Å²) < 4.78 is 0. The highest BCUT2D eigenvalue weighted by molar-refractivity contribution is 5.95. The van der Waals surface area contributed by atoms with E-state index < -0.39 is 0 Å². The largest absolute Gasteiger partial charge is 0.335 e. The molecule has 1 saturated carbocycles. The van der Waals surface area contributed by atoms with Crippen LogP contribution in [-0.2, 0) is 9.59 Å². The van der Waals surface area contributed by atoms with Gasteiger partial charge in [0.25, 0.3) is 0 Å². The molecule has 1 fully saturated rings. The summed E-state index contributed by atoms with van der Waals surface area (Å²) in [6.07, 6.45) is 8.64. The third-order valence-corrected chi connectivity index (χ3v) is 5.05. The van der Waals surface area contributed by atoms with E-state index in [1.165, 1.54) is 37.0 Å². The van der Waals surface area contributed by atoms with Gasteiger partial charge in [-0.05, 0) is 38.8 Å². The second kappa shape index (κ2) is 10.3. The van der Waals surface area contributed by atoms with Crippen molar-refractivity contribution in [1.82, 2.24) is 10.2 Å². The minimum Gasteiger partial charge on any atom is -0.335 e. The van der Waals surface area contributed by atoms with E-state index in [-0.39, 0.29) is 24.4 Å². The van der Waals surface area contributed by atoms with Gasteiger partial charge in [-0.2, -0.15) is 0 Å². The highest BCUT2D eigenvalue weighted by atomic mass is 16.2. The van der Waals surface area contributed by atoms with Crippen LogP contribution in [0.3, 0.4) is 0 Å². The molecule has 5 heteroatoms. The number of likely N-dealkylation sites (N-methyl/N-ethyl adjacent to an activating group) is 1. The van der Waals surface area contributed by atoms with Crippen LogP contribution in [0.1, 0.15) is 57.4 Å². The fourth-order valence-electron chi connectivity index (χ4n) is 3.51. The molecule has 0 aromatic heterocycles.